The number of hydrogen-bond donors (Lipinski definition) is 1. The molecular weight excluding hydrogens is 212 g/mol. The molecule has 0 fully saturated rings. The quantitative estimate of drug-likeness (QED) is 0.829. The van der Waals surface area contributed by atoms with Gasteiger partial charge in [-0.1, -0.05) is 19.4 Å². The van der Waals surface area contributed by atoms with E-state index in [4.69, 9.17) is 0 Å². The Morgan fingerprint density at radius 3 is 2.94 bits per heavy atom. The smallest absolute Gasteiger partial charge is 0.203 e. The number of unbranched alkanes of at least 4 members (excludes halogenated alkanes) is 1. The van der Waals surface area contributed by atoms with Gasteiger partial charge in [0.05, 0.1) is 12.2 Å². The highest BCUT2D eigenvalue weighted by Gasteiger charge is 2.01. The van der Waals surface area contributed by atoms with Crippen molar-refractivity contribution in [2.45, 2.75) is 32.9 Å². The van der Waals surface area contributed by atoms with Crippen molar-refractivity contribution in [3.63, 3.8) is 0 Å². The van der Waals surface area contributed by atoms with Gasteiger partial charge in [0, 0.05) is 25.1 Å². The Morgan fingerprint density at radius 2 is 2.18 bits per heavy atom. The molecule has 0 saturated heterocycles. The minimum Gasteiger partial charge on any atom is -0.350 e. The van der Waals surface area contributed by atoms with E-state index < -0.39 is 0 Å². The van der Waals surface area contributed by atoms with E-state index in [1.54, 1.807) is 6.20 Å². The molecule has 4 nitrogen and oxygen atoms in total. The third-order valence-corrected chi connectivity index (χ3v) is 2.62. The lowest BCUT2D eigenvalue weighted by Gasteiger charge is -2.08. The van der Waals surface area contributed by atoms with E-state index in [2.05, 4.69) is 26.8 Å². The first-order valence-corrected chi connectivity index (χ1v) is 6.05. The van der Waals surface area contributed by atoms with E-state index >= 15 is 0 Å². The third-order valence-electron chi connectivity index (χ3n) is 2.62. The third kappa shape index (κ3) is 3.31. The lowest BCUT2D eigenvalue weighted by molar-refractivity contribution is 0.634. The second-order valence-electron chi connectivity index (χ2n) is 3.97. The van der Waals surface area contributed by atoms with Crippen LogP contribution in [0.3, 0.4) is 0 Å². The predicted molar refractivity (Wildman–Crippen MR) is 68.7 cm³/mol. The van der Waals surface area contributed by atoms with Crippen LogP contribution in [0.2, 0.25) is 0 Å². The molecule has 0 spiro atoms. The SMILES string of the molecule is CCCCn1ccnc1NCc1ccccn1. The van der Waals surface area contributed by atoms with E-state index in [0.29, 0.717) is 6.54 Å². The number of imidazole rings is 1. The molecule has 0 aliphatic rings. The number of hydrogen-bond acceptors (Lipinski definition) is 3. The topological polar surface area (TPSA) is 42.7 Å². The van der Waals surface area contributed by atoms with Gasteiger partial charge in [-0.2, -0.15) is 0 Å². The Morgan fingerprint density at radius 1 is 1.24 bits per heavy atom. The Bertz CT molecular complexity index is 436. The molecule has 0 aliphatic carbocycles. The van der Waals surface area contributed by atoms with Gasteiger partial charge in [-0.25, -0.2) is 4.98 Å². The first kappa shape index (κ1) is 11.6. The van der Waals surface area contributed by atoms with Crippen LogP contribution in [-0.4, -0.2) is 14.5 Å². The summed E-state index contributed by atoms with van der Waals surface area (Å²) in [4.78, 5) is 8.58. The van der Waals surface area contributed by atoms with E-state index in [9.17, 15) is 0 Å². The molecule has 0 unspecified atom stereocenters. The largest absolute Gasteiger partial charge is 0.350 e. The lowest BCUT2D eigenvalue weighted by atomic mass is 10.3. The molecule has 0 amide bonds. The van der Waals surface area contributed by atoms with Gasteiger partial charge < -0.3 is 9.88 Å². The molecule has 0 aromatic carbocycles. The Kier molecular flexibility index (Phi) is 4.13. The number of nitrogens with zero attached hydrogens (tertiary/aromatic N) is 3. The van der Waals surface area contributed by atoms with Crippen LogP contribution in [0, 0.1) is 0 Å². The van der Waals surface area contributed by atoms with Gasteiger partial charge in [-0.15, -0.1) is 0 Å². The predicted octanol–water partition coefficient (Wildman–Crippen LogP) is 2.69. The van der Waals surface area contributed by atoms with Crippen molar-refractivity contribution < 1.29 is 0 Å². The zero-order valence-electron chi connectivity index (χ0n) is 10.1. The van der Waals surface area contributed by atoms with Crippen LogP contribution in [0.1, 0.15) is 25.5 Å². The summed E-state index contributed by atoms with van der Waals surface area (Å²) in [6.45, 7) is 3.92. The van der Waals surface area contributed by atoms with Crippen LogP contribution in [-0.2, 0) is 13.1 Å². The highest BCUT2D eigenvalue weighted by Crippen LogP contribution is 2.07. The molecule has 0 bridgehead atoms. The molecular formula is C13H18N4. The minimum absolute atomic E-state index is 0.712. The van der Waals surface area contributed by atoms with Crippen LogP contribution in [0.5, 0.6) is 0 Å². The maximum absolute atomic E-state index is 4.31. The second kappa shape index (κ2) is 6.03. The summed E-state index contributed by atoms with van der Waals surface area (Å²) in [6.07, 6.45) is 8.01. The summed E-state index contributed by atoms with van der Waals surface area (Å²) in [6, 6.07) is 5.92. The van der Waals surface area contributed by atoms with Gasteiger partial charge in [-0.05, 0) is 18.6 Å². The maximum atomic E-state index is 4.31. The Balaban J connectivity index is 1.92. The van der Waals surface area contributed by atoms with E-state index in [0.717, 1.165) is 18.2 Å². The summed E-state index contributed by atoms with van der Waals surface area (Å²) < 4.78 is 2.15. The monoisotopic (exact) mass is 230 g/mol. The number of nitrogens with one attached hydrogen (secondary N) is 1. The molecule has 2 aromatic heterocycles. The number of anilines is 1. The zero-order valence-corrected chi connectivity index (χ0v) is 10.1. The first-order valence-electron chi connectivity index (χ1n) is 6.05. The average Bonchev–Trinajstić information content (AvgIpc) is 2.82. The fourth-order valence-electron chi connectivity index (χ4n) is 1.66. The van der Waals surface area contributed by atoms with Gasteiger partial charge in [0.15, 0.2) is 0 Å². The van der Waals surface area contributed by atoms with Gasteiger partial charge >= 0.3 is 0 Å². The molecule has 0 aliphatic heterocycles. The van der Waals surface area contributed by atoms with Gasteiger partial charge in [0.25, 0.3) is 0 Å². The maximum Gasteiger partial charge on any atom is 0.203 e. The van der Waals surface area contributed by atoms with Crippen LogP contribution >= 0.6 is 0 Å². The summed E-state index contributed by atoms with van der Waals surface area (Å²) >= 11 is 0. The molecule has 90 valence electrons. The molecule has 2 heterocycles. The van der Waals surface area contributed by atoms with Crippen LogP contribution in [0.4, 0.5) is 5.95 Å². The Hall–Kier alpha value is -1.84. The average molecular weight is 230 g/mol. The van der Waals surface area contributed by atoms with Gasteiger partial charge in [-0.3, -0.25) is 4.98 Å². The summed E-state index contributed by atoms with van der Waals surface area (Å²) in [7, 11) is 0. The summed E-state index contributed by atoms with van der Waals surface area (Å²) in [5, 5.41) is 3.31. The standard InChI is InChI=1S/C13H18N4/c1-2-3-9-17-10-8-15-13(17)16-11-12-6-4-5-7-14-12/h4-8,10H,2-3,9,11H2,1H3,(H,15,16). The number of rotatable bonds is 6. The van der Waals surface area contributed by atoms with Crippen LogP contribution < -0.4 is 5.32 Å². The second-order valence-corrected chi connectivity index (χ2v) is 3.97. The minimum atomic E-state index is 0.712. The molecule has 4 heteroatoms. The molecule has 2 aromatic rings. The number of aryl methyl sites for hydroxylation is 1. The van der Waals surface area contributed by atoms with E-state index in [1.165, 1.54) is 12.8 Å². The number of pyridine rings is 1. The first-order chi connectivity index (χ1) is 8.40. The van der Waals surface area contributed by atoms with E-state index in [-0.39, 0.29) is 0 Å². The number of aromatic nitrogens is 3. The van der Waals surface area contributed by atoms with Crippen molar-refractivity contribution >= 4 is 5.95 Å². The molecule has 1 N–H and O–H groups in total. The fraction of sp³-hybridized carbons (Fsp3) is 0.385. The molecule has 0 atom stereocenters. The highest BCUT2D eigenvalue weighted by atomic mass is 15.2. The molecule has 0 radical (unpaired) electrons. The summed E-state index contributed by atoms with van der Waals surface area (Å²) in [5.41, 5.74) is 1.03. The van der Waals surface area contributed by atoms with Crippen molar-refractivity contribution in [3.05, 3.63) is 42.5 Å². The van der Waals surface area contributed by atoms with Crippen molar-refractivity contribution in [3.8, 4) is 0 Å². The zero-order chi connectivity index (χ0) is 11.9. The van der Waals surface area contributed by atoms with Crippen molar-refractivity contribution in [1.29, 1.82) is 0 Å². The molecule has 0 saturated carbocycles. The lowest BCUT2D eigenvalue weighted by Crippen LogP contribution is -2.08. The van der Waals surface area contributed by atoms with E-state index in [1.807, 2.05) is 30.6 Å². The van der Waals surface area contributed by atoms with Gasteiger partial charge in [0.2, 0.25) is 5.95 Å². The Labute approximate surface area is 102 Å². The highest BCUT2D eigenvalue weighted by molar-refractivity contribution is 5.27. The fourth-order valence-corrected chi connectivity index (χ4v) is 1.66. The van der Waals surface area contributed by atoms with Crippen molar-refractivity contribution in [2.24, 2.45) is 0 Å². The molecule has 2 rings (SSSR count). The normalized spacial score (nSPS) is 10.4. The van der Waals surface area contributed by atoms with Crippen LogP contribution in [0.25, 0.3) is 0 Å². The van der Waals surface area contributed by atoms with Crippen molar-refractivity contribution in [2.75, 3.05) is 5.32 Å². The van der Waals surface area contributed by atoms with Crippen molar-refractivity contribution in [1.82, 2.24) is 14.5 Å². The molecule has 17 heavy (non-hydrogen) atoms. The van der Waals surface area contributed by atoms with Crippen LogP contribution in [0.15, 0.2) is 36.8 Å². The van der Waals surface area contributed by atoms with Gasteiger partial charge in [0.1, 0.15) is 0 Å². The summed E-state index contributed by atoms with van der Waals surface area (Å²) in [5.74, 6) is 0.920.